The average molecular weight is 268 g/mol. The molecule has 0 aliphatic carbocycles. The van der Waals surface area contributed by atoms with Gasteiger partial charge in [0.05, 0.1) is 6.10 Å². The Morgan fingerprint density at radius 2 is 2.12 bits per heavy atom. The third-order valence-corrected chi connectivity index (χ3v) is 3.61. The summed E-state index contributed by atoms with van der Waals surface area (Å²) in [6.07, 6.45) is -0.455. The molecule has 0 spiro atoms. The molecular formula is C13H14ClNOS. The van der Waals surface area contributed by atoms with Crippen LogP contribution in [0.15, 0.2) is 41.1 Å². The van der Waals surface area contributed by atoms with Gasteiger partial charge in [0.15, 0.2) is 0 Å². The monoisotopic (exact) mass is 267 g/mol. The van der Waals surface area contributed by atoms with Gasteiger partial charge in [-0.25, -0.2) is 0 Å². The summed E-state index contributed by atoms with van der Waals surface area (Å²) < 4.78 is 0. The number of thiophene rings is 1. The van der Waals surface area contributed by atoms with Crippen LogP contribution in [-0.2, 0) is 6.54 Å². The zero-order valence-corrected chi connectivity index (χ0v) is 10.8. The largest absolute Gasteiger partial charge is 0.387 e. The summed E-state index contributed by atoms with van der Waals surface area (Å²) >= 11 is 7.63. The number of hydrogen-bond donors (Lipinski definition) is 2. The molecule has 0 amide bonds. The van der Waals surface area contributed by atoms with Gasteiger partial charge < -0.3 is 10.4 Å². The minimum absolute atomic E-state index is 0.455. The van der Waals surface area contributed by atoms with E-state index < -0.39 is 6.10 Å². The fourth-order valence-electron chi connectivity index (χ4n) is 1.57. The van der Waals surface area contributed by atoms with Crippen LogP contribution >= 0.6 is 22.9 Å². The van der Waals surface area contributed by atoms with Gasteiger partial charge in [-0.15, -0.1) is 0 Å². The van der Waals surface area contributed by atoms with E-state index in [9.17, 15) is 5.11 Å². The molecule has 2 nitrogen and oxygen atoms in total. The molecular weight excluding hydrogens is 254 g/mol. The highest BCUT2D eigenvalue weighted by atomic mass is 35.5. The standard InChI is InChI=1S/C13H14ClNOS/c14-12-4-2-1-3-10(12)7-15-8-13(16)11-5-6-17-9-11/h1-6,9,13,15-16H,7-8H2/t13-/m0/s1. The Labute approximate surface area is 110 Å². The van der Waals surface area contributed by atoms with Crippen LogP contribution in [0.5, 0.6) is 0 Å². The normalized spacial score (nSPS) is 12.6. The van der Waals surface area contributed by atoms with Gasteiger partial charge in [0.25, 0.3) is 0 Å². The van der Waals surface area contributed by atoms with Gasteiger partial charge in [0.1, 0.15) is 0 Å². The molecule has 2 N–H and O–H groups in total. The molecule has 0 aliphatic rings. The van der Waals surface area contributed by atoms with Crippen LogP contribution in [0.4, 0.5) is 0 Å². The van der Waals surface area contributed by atoms with Crippen molar-refractivity contribution in [2.24, 2.45) is 0 Å². The van der Waals surface area contributed by atoms with Crippen molar-refractivity contribution < 1.29 is 5.11 Å². The third-order valence-electron chi connectivity index (χ3n) is 2.54. The lowest BCUT2D eigenvalue weighted by atomic mass is 10.2. The first-order valence-electron chi connectivity index (χ1n) is 5.41. The Morgan fingerprint density at radius 3 is 2.82 bits per heavy atom. The number of nitrogens with one attached hydrogen (secondary N) is 1. The van der Waals surface area contributed by atoms with Crippen molar-refractivity contribution in [2.45, 2.75) is 12.6 Å². The Kier molecular flexibility index (Phi) is 4.57. The van der Waals surface area contributed by atoms with E-state index in [2.05, 4.69) is 5.32 Å². The topological polar surface area (TPSA) is 32.3 Å². The van der Waals surface area contributed by atoms with Crippen LogP contribution < -0.4 is 5.32 Å². The van der Waals surface area contributed by atoms with Gasteiger partial charge in [0, 0.05) is 18.1 Å². The van der Waals surface area contributed by atoms with Gasteiger partial charge >= 0.3 is 0 Å². The number of rotatable bonds is 5. The fraction of sp³-hybridized carbons (Fsp3) is 0.231. The Morgan fingerprint density at radius 1 is 1.29 bits per heavy atom. The van der Waals surface area contributed by atoms with E-state index in [0.717, 1.165) is 16.1 Å². The van der Waals surface area contributed by atoms with Crippen molar-refractivity contribution in [3.8, 4) is 0 Å². The van der Waals surface area contributed by atoms with E-state index in [4.69, 9.17) is 11.6 Å². The third kappa shape index (κ3) is 3.54. The fourth-order valence-corrected chi connectivity index (χ4v) is 2.48. The van der Waals surface area contributed by atoms with E-state index in [1.165, 1.54) is 0 Å². The number of aliphatic hydroxyl groups excluding tert-OH is 1. The van der Waals surface area contributed by atoms with Gasteiger partial charge in [-0.3, -0.25) is 0 Å². The smallest absolute Gasteiger partial charge is 0.0922 e. The summed E-state index contributed by atoms with van der Waals surface area (Å²) in [4.78, 5) is 0. The van der Waals surface area contributed by atoms with Crippen LogP contribution in [0.2, 0.25) is 5.02 Å². The molecule has 0 bridgehead atoms. The summed E-state index contributed by atoms with van der Waals surface area (Å²) in [7, 11) is 0. The van der Waals surface area contributed by atoms with Crippen molar-refractivity contribution in [3.63, 3.8) is 0 Å². The minimum Gasteiger partial charge on any atom is -0.387 e. The molecule has 1 heterocycles. The van der Waals surface area contributed by atoms with Crippen LogP contribution in [-0.4, -0.2) is 11.7 Å². The van der Waals surface area contributed by atoms with Crippen LogP contribution in [0.3, 0.4) is 0 Å². The zero-order chi connectivity index (χ0) is 12.1. The molecule has 90 valence electrons. The molecule has 0 fully saturated rings. The molecule has 1 atom stereocenters. The molecule has 0 saturated heterocycles. The maximum atomic E-state index is 9.87. The molecule has 2 aromatic rings. The minimum atomic E-state index is -0.455. The highest BCUT2D eigenvalue weighted by Crippen LogP contribution is 2.17. The number of aliphatic hydroxyl groups is 1. The number of benzene rings is 1. The summed E-state index contributed by atoms with van der Waals surface area (Å²) in [6.45, 7) is 1.20. The molecule has 0 radical (unpaired) electrons. The van der Waals surface area contributed by atoms with Gasteiger partial charge in [-0.05, 0) is 34.0 Å². The van der Waals surface area contributed by atoms with E-state index in [-0.39, 0.29) is 0 Å². The van der Waals surface area contributed by atoms with E-state index in [1.54, 1.807) is 11.3 Å². The summed E-state index contributed by atoms with van der Waals surface area (Å²) in [6, 6.07) is 9.65. The molecule has 4 heteroatoms. The lowest BCUT2D eigenvalue weighted by Crippen LogP contribution is -2.20. The maximum Gasteiger partial charge on any atom is 0.0922 e. The average Bonchev–Trinajstić information content (AvgIpc) is 2.85. The lowest BCUT2D eigenvalue weighted by molar-refractivity contribution is 0.175. The van der Waals surface area contributed by atoms with Crippen molar-refractivity contribution in [2.75, 3.05) is 6.54 Å². The van der Waals surface area contributed by atoms with Crippen LogP contribution in [0.1, 0.15) is 17.2 Å². The van der Waals surface area contributed by atoms with Crippen LogP contribution in [0, 0.1) is 0 Å². The summed E-state index contributed by atoms with van der Waals surface area (Å²) in [5.74, 6) is 0. The van der Waals surface area contributed by atoms with Gasteiger partial charge in [-0.2, -0.15) is 11.3 Å². The Hall–Kier alpha value is -0.870. The second kappa shape index (κ2) is 6.17. The van der Waals surface area contributed by atoms with Crippen molar-refractivity contribution in [1.29, 1.82) is 0 Å². The predicted molar refractivity (Wildman–Crippen MR) is 72.4 cm³/mol. The molecule has 0 unspecified atom stereocenters. The van der Waals surface area contributed by atoms with Gasteiger partial charge in [0.2, 0.25) is 0 Å². The number of hydrogen-bond acceptors (Lipinski definition) is 3. The van der Waals surface area contributed by atoms with E-state index >= 15 is 0 Å². The second-order valence-electron chi connectivity index (χ2n) is 3.79. The van der Waals surface area contributed by atoms with Crippen molar-refractivity contribution in [3.05, 3.63) is 57.2 Å². The van der Waals surface area contributed by atoms with E-state index in [1.807, 2.05) is 41.1 Å². The zero-order valence-electron chi connectivity index (χ0n) is 9.27. The molecule has 2 rings (SSSR count). The Balaban J connectivity index is 1.82. The van der Waals surface area contributed by atoms with Crippen molar-refractivity contribution in [1.82, 2.24) is 5.32 Å². The highest BCUT2D eigenvalue weighted by Gasteiger charge is 2.07. The SMILES string of the molecule is O[C@@H](CNCc1ccccc1Cl)c1ccsc1. The number of halogens is 1. The second-order valence-corrected chi connectivity index (χ2v) is 4.98. The molecule has 0 saturated carbocycles. The van der Waals surface area contributed by atoms with E-state index in [0.29, 0.717) is 13.1 Å². The molecule has 0 aliphatic heterocycles. The Bertz CT molecular complexity index is 458. The van der Waals surface area contributed by atoms with Crippen LogP contribution in [0.25, 0.3) is 0 Å². The quantitative estimate of drug-likeness (QED) is 0.872. The maximum absolute atomic E-state index is 9.87. The molecule has 1 aromatic heterocycles. The predicted octanol–water partition coefficient (Wildman–Crippen LogP) is 3.22. The molecule has 1 aromatic carbocycles. The first-order chi connectivity index (χ1) is 8.27. The molecule has 17 heavy (non-hydrogen) atoms. The van der Waals surface area contributed by atoms with Crippen molar-refractivity contribution >= 4 is 22.9 Å². The first kappa shape index (κ1) is 12.6. The highest BCUT2D eigenvalue weighted by molar-refractivity contribution is 7.07. The van der Waals surface area contributed by atoms with Gasteiger partial charge in [-0.1, -0.05) is 29.8 Å². The first-order valence-corrected chi connectivity index (χ1v) is 6.73. The summed E-state index contributed by atoms with van der Waals surface area (Å²) in [5.41, 5.74) is 2.01. The lowest BCUT2D eigenvalue weighted by Gasteiger charge is -2.11. The summed E-state index contributed by atoms with van der Waals surface area (Å²) in [5, 5.41) is 17.7.